The first-order valence-electron chi connectivity index (χ1n) is 9.75. The molecule has 5 nitrogen and oxygen atoms in total. The second-order valence-corrected chi connectivity index (χ2v) is 7.50. The van der Waals surface area contributed by atoms with Crippen molar-refractivity contribution in [2.24, 2.45) is 0 Å². The van der Waals surface area contributed by atoms with Gasteiger partial charge < -0.3 is 13.9 Å². The molecule has 0 N–H and O–H groups in total. The van der Waals surface area contributed by atoms with Gasteiger partial charge in [0.05, 0.1) is 12.5 Å². The zero-order chi connectivity index (χ0) is 21.3. The fraction of sp³-hybridized carbons (Fsp3) is 0.200. The summed E-state index contributed by atoms with van der Waals surface area (Å²) in [4.78, 5) is 23.4. The Bertz CT molecular complexity index is 1280. The molecule has 0 aliphatic rings. The molecule has 1 heterocycles. The summed E-state index contributed by atoms with van der Waals surface area (Å²) in [6.07, 6.45) is 0.799. The average Bonchev–Trinajstić information content (AvgIpc) is 2.77. The number of hydrogen-bond donors (Lipinski definition) is 0. The molecule has 30 heavy (non-hydrogen) atoms. The molecule has 3 aromatic carbocycles. The highest BCUT2D eigenvalue weighted by Crippen LogP contribution is 2.36. The molecule has 0 radical (unpaired) electrons. The Kier molecular flexibility index (Phi) is 5.27. The topological polar surface area (TPSA) is 65.7 Å². The fourth-order valence-electron chi connectivity index (χ4n) is 3.44. The van der Waals surface area contributed by atoms with E-state index in [0.29, 0.717) is 33.9 Å². The lowest BCUT2D eigenvalue weighted by Gasteiger charge is -2.13. The Morgan fingerprint density at radius 3 is 2.37 bits per heavy atom. The van der Waals surface area contributed by atoms with Crippen molar-refractivity contribution in [3.05, 3.63) is 81.7 Å². The van der Waals surface area contributed by atoms with Crippen molar-refractivity contribution in [3.63, 3.8) is 0 Å². The highest BCUT2D eigenvalue weighted by atomic mass is 16.5. The lowest BCUT2D eigenvalue weighted by atomic mass is 9.98. The lowest BCUT2D eigenvalue weighted by Crippen LogP contribution is -2.03. The van der Waals surface area contributed by atoms with Crippen molar-refractivity contribution in [3.8, 4) is 11.5 Å². The molecule has 0 amide bonds. The minimum atomic E-state index is -0.374. The third kappa shape index (κ3) is 3.66. The first kappa shape index (κ1) is 19.7. The summed E-state index contributed by atoms with van der Waals surface area (Å²) in [7, 11) is 1.57. The first-order chi connectivity index (χ1) is 14.5. The van der Waals surface area contributed by atoms with Gasteiger partial charge >= 0.3 is 5.63 Å². The molecule has 0 saturated heterocycles. The van der Waals surface area contributed by atoms with Crippen LogP contribution in [0.1, 0.15) is 41.3 Å². The van der Waals surface area contributed by atoms with E-state index in [4.69, 9.17) is 13.9 Å². The van der Waals surface area contributed by atoms with Crippen LogP contribution < -0.4 is 15.1 Å². The van der Waals surface area contributed by atoms with E-state index in [1.165, 1.54) is 0 Å². The molecule has 0 aliphatic carbocycles. The van der Waals surface area contributed by atoms with Crippen LogP contribution in [-0.2, 0) is 6.61 Å². The minimum Gasteiger partial charge on any atom is -0.493 e. The van der Waals surface area contributed by atoms with Gasteiger partial charge in [0.1, 0.15) is 18.5 Å². The largest absolute Gasteiger partial charge is 0.493 e. The summed E-state index contributed by atoms with van der Waals surface area (Å²) in [6.45, 7) is 4.46. The van der Waals surface area contributed by atoms with Crippen LogP contribution in [0.4, 0.5) is 0 Å². The van der Waals surface area contributed by atoms with Gasteiger partial charge in [-0.3, -0.25) is 4.79 Å². The lowest BCUT2D eigenvalue weighted by molar-refractivity contribution is 0.112. The molecule has 0 spiro atoms. The number of benzene rings is 3. The minimum absolute atomic E-state index is 0.288. The van der Waals surface area contributed by atoms with Crippen LogP contribution in [0.5, 0.6) is 11.5 Å². The van der Waals surface area contributed by atoms with Crippen LogP contribution in [0.25, 0.3) is 21.7 Å². The maximum absolute atomic E-state index is 12.6. The maximum Gasteiger partial charge on any atom is 0.344 e. The SMILES string of the molecule is COc1cc2c(cc1OCc1ccc(C=O)cc1)oc(=O)c1cc(C(C)C)ccc12. The fourth-order valence-corrected chi connectivity index (χ4v) is 3.44. The Morgan fingerprint density at radius 1 is 0.933 bits per heavy atom. The summed E-state index contributed by atoms with van der Waals surface area (Å²) in [5.41, 5.74) is 2.67. The summed E-state index contributed by atoms with van der Waals surface area (Å²) in [6, 6.07) is 16.5. The predicted molar refractivity (Wildman–Crippen MR) is 117 cm³/mol. The van der Waals surface area contributed by atoms with Gasteiger partial charge in [-0.2, -0.15) is 0 Å². The normalized spacial score (nSPS) is 11.2. The van der Waals surface area contributed by atoms with E-state index in [1.54, 1.807) is 25.3 Å². The number of carbonyl (C=O) groups is 1. The Hall–Kier alpha value is -3.60. The van der Waals surface area contributed by atoms with Crippen LogP contribution in [0, 0.1) is 0 Å². The average molecular weight is 402 g/mol. The molecule has 1 aromatic heterocycles. The van der Waals surface area contributed by atoms with Crippen molar-refractivity contribution in [1.29, 1.82) is 0 Å². The first-order valence-corrected chi connectivity index (χ1v) is 9.75. The molecule has 0 unspecified atom stereocenters. The number of ether oxygens (including phenoxy) is 2. The van der Waals surface area contributed by atoms with Crippen molar-refractivity contribution in [2.45, 2.75) is 26.4 Å². The van der Waals surface area contributed by atoms with Gasteiger partial charge in [0, 0.05) is 22.4 Å². The van der Waals surface area contributed by atoms with Crippen molar-refractivity contribution < 1.29 is 18.7 Å². The van der Waals surface area contributed by atoms with Gasteiger partial charge in [-0.25, -0.2) is 4.79 Å². The van der Waals surface area contributed by atoms with Gasteiger partial charge in [0.2, 0.25) is 0 Å². The van der Waals surface area contributed by atoms with Crippen molar-refractivity contribution in [2.75, 3.05) is 7.11 Å². The number of fused-ring (bicyclic) bond motifs is 3. The van der Waals surface area contributed by atoms with Gasteiger partial charge in [-0.15, -0.1) is 0 Å². The Balaban J connectivity index is 1.75. The predicted octanol–water partition coefficient (Wildman–Crippen LogP) is 5.47. The molecule has 0 saturated carbocycles. The van der Waals surface area contributed by atoms with Gasteiger partial charge in [0.25, 0.3) is 0 Å². The molecule has 4 rings (SSSR count). The van der Waals surface area contributed by atoms with Crippen LogP contribution >= 0.6 is 0 Å². The summed E-state index contributed by atoms with van der Waals surface area (Å²) < 4.78 is 17.1. The number of carbonyl (C=O) groups excluding carboxylic acids is 1. The standard InChI is InChI=1S/C25H22O5/c1-15(2)18-8-9-19-20-11-23(28-3)24(12-22(20)30-25(27)21(19)10-18)29-14-17-6-4-16(13-26)5-7-17/h4-13,15H,14H2,1-3H3. The third-order valence-corrected chi connectivity index (χ3v) is 5.20. The van der Waals surface area contributed by atoms with Crippen LogP contribution in [0.3, 0.4) is 0 Å². The van der Waals surface area contributed by atoms with E-state index in [0.717, 1.165) is 28.2 Å². The third-order valence-electron chi connectivity index (χ3n) is 5.20. The number of hydrogen-bond acceptors (Lipinski definition) is 5. The van der Waals surface area contributed by atoms with E-state index < -0.39 is 0 Å². The zero-order valence-corrected chi connectivity index (χ0v) is 17.1. The highest BCUT2D eigenvalue weighted by Gasteiger charge is 2.14. The molecule has 0 fully saturated rings. The van der Waals surface area contributed by atoms with Crippen LogP contribution in [0.2, 0.25) is 0 Å². The van der Waals surface area contributed by atoms with E-state index >= 15 is 0 Å². The number of methoxy groups -OCH3 is 1. The van der Waals surface area contributed by atoms with E-state index in [-0.39, 0.29) is 12.2 Å². The second-order valence-electron chi connectivity index (χ2n) is 7.50. The quantitative estimate of drug-likeness (QED) is 0.243. The molecule has 152 valence electrons. The molecular weight excluding hydrogens is 380 g/mol. The summed E-state index contributed by atoms with van der Waals surface area (Å²) in [5.74, 6) is 1.34. The van der Waals surface area contributed by atoms with Gasteiger partial charge in [-0.05, 0) is 29.2 Å². The second kappa shape index (κ2) is 8.03. The molecule has 0 bridgehead atoms. The van der Waals surface area contributed by atoms with Crippen LogP contribution in [0.15, 0.2) is 63.8 Å². The molecule has 4 aromatic rings. The Labute approximate surface area is 173 Å². The zero-order valence-electron chi connectivity index (χ0n) is 17.1. The molecule has 5 heteroatoms. The van der Waals surface area contributed by atoms with Gasteiger partial charge in [0.15, 0.2) is 11.5 Å². The van der Waals surface area contributed by atoms with E-state index in [9.17, 15) is 9.59 Å². The smallest absolute Gasteiger partial charge is 0.344 e. The molecule has 0 aliphatic heterocycles. The highest BCUT2D eigenvalue weighted by molar-refractivity contribution is 6.05. The van der Waals surface area contributed by atoms with Crippen LogP contribution in [-0.4, -0.2) is 13.4 Å². The maximum atomic E-state index is 12.6. The number of aldehydes is 1. The summed E-state index contributed by atoms with van der Waals surface area (Å²) in [5, 5.41) is 2.17. The Morgan fingerprint density at radius 2 is 1.70 bits per heavy atom. The monoisotopic (exact) mass is 402 g/mol. The molecule has 0 atom stereocenters. The van der Waals surface area contributed by atoms with Crippen molar-refractivity contribution in [1.82, 2.24) is 0 Å². The van der Waals surface area contributed by atoms with Crippen molar-refractivity contribution >= 4 is 28.0 Å². The summed E-state index contributed by atoms with van der Waals surface area (Å²) >= 11 is 0. The van der Waals surface area contributed by atoms with E-state index in [2.05, 4.69) is 13.8 Å². The van der Waals surface area contributed by atoms with E-state index in [1.807, 2.05) is 36.4 Å². The molecular formula is C25H22O5. The number of rotatable bonds is 6. The van der Waals surface area contributed by atoms with Gasteiger partial charge in [-0.1, -0.05) is 50.2 Å².